The molecular weight excluding hydrogens is 920 g/mol. The van der Waals surface area contributed by atoms with Gasteiger partial charge >= 0.3 is 11.9 Å². The van der Waals surface area contributed by atoms with Crippen molar-refractivity contribution in [1.29, 1.82) is 0 Å². The average molecular weight is 946 g/mol. The number of rotatable bonds is 10. The largest absolute Gasteiger partial charge is 0.480 e. The molecule has 0 N–H and O–H groups in total. The van der Waals surface area contributed by atoms with Crippen LogP contribution < -0.4 is 14.2 Å². The maximum atomic E-state index is 13.0. The Balaban J connectivity index is 0.000000221. The number of carbonyl (C=O) groups excluding carboxylic acids is 4. The molecule has 0 unspecified atom stereocenters. The van der Waals surface area contributed by atoms with Crippen LogP contribution in [0.15, 0.2) is 72.8 Å². The van der Waals surface area contributed by atoms with Crippen LogP contribution >= 0.6 is 92.8 Å². The van der Waals surface area contributed by atoms with E-state index in [4.69, 9.17) is 107 Å². The normalized spacial score (nSPS) is 10.8. The van der Waals surface area contributed by atoms with E-state index in [1.165, 1.54) is 64.0 Å². The number of benzene rings is 4. The lowest BCUT2D eigenvalue weighted by Gasteiger charge is -2.10. The standard InChI is InChI=1S/C20H14Cl4N2O4.C19H12Cl4N2O3/c1-10-18(19(28)13-5-3-11(21)7-14(13)23)20(26(2)25-10)30-17(27)9-29-16-6-4-12(22)8-15(16)24;1-9-16(17(26)12-5-3-10(20)7-14(12)22)18(25(2)24-9)28-19(27)13-6-4-11(21)8-15(13)23/h3-8H,9H2,1-2H3;3-8H,1-2H3. The molecule has 0 saturated carbocycles. The number of ether oxygens (including phenoxy) is 3. The molecule has 0 atom stereocenters. The molecule has 6 aromatic rings. The molecule has 0 fully saturated rings. The van der Waals surface area contributed by atoms with Gasteiger partial charge in [0.15, 0.2) is 6.61 Å². The van der Waals surface area contributed by atoms with Crippen molar-refractivity contribution in [3.8, 4) is 17.5 Å². The van der Waals surface area contributed by atoms with Crippen LogP contribution in [0.25, 0.3) is 0 Å². The summed E-state index contributed by atoms with van der Waals surface area (Å²) in [5.41, 5.74) is 1.50. The number of ketones is 2. The minimum atomic E-state index is -0.750. The van der Waals surface area contributed by atoms with E-state index in [0.717, 1.165) is 0 Å². The summed E-state index contributed by atoms with van der Waals surface area (Å²) in [6, 6.07) is 18.0. The van der Waals surface area contributed by atoms with Gasteiger partial charge in [0.1, 0.15) is 16.9 Å². The van der Waals surface area contributed by atoms with Crippen molar-refractivity contribution in [3.05, 3.63) is 152 Å². The van der Waals surface area contributed by atoms with Crippen molar-refractivity contribution in [2.45, 2.75) is 13.8 Å². The van der Waals surface area contributed by atoms with Crippen LogP contribution in [0.5, 0.6) is 17.5 Å². The number of aromatic nitrogens is 4. The average Bonchev–Trinajstić information content (AvgIpc) is 3.58. The third-order valence-corrected chi connectivity index (χ3v) is 10.1. The van der Waals surface area contributed by atoms with E-state index in [0.29, 0.717) is 31.5 Å². The summed E-state index contributed by atoms with van der Waals surface area (Å²) in [5, 5.41) is 10.7. The van der Waals surface area contributed by atoms with Crippen molar-refractivity contribution < 1.29 is 33.4 Å². The monoisotopic (exact) mass is 942 g/mol. The fourth-order valence-corrected chi connectivity index (χ4v) is 7.25. The van der Waals surface area contributed by atoms with Gasteiger partial charge in [0.2, 0.25) is 23.3 Å². The molecule has 0 saturated heterocycles. The van der Waals surface area contributed by atoms with Crippen LogP contribution in [-0.2, 0) is 18.9 Å². The first-order valence-corrected chi connectivity index (χ1v) is 19.4. The SMILES string of the molecule is Cc1nn(C)c(OC(=O)COc2ccc(Cl)cc2Cl)c1C(=O)c1ccc(Cl)cc1Cl.Cc1nn(C)c(OC(=O)c2ccc(Cl)cc2Cl)c1C(=O)c1ccc(Cl)cc1Cl. The molecule has 0 aliphatic rings. The zero-order valence-corrected chi connectivity index (χ0v) is 36.4. The lowest BCUT2D eigenvalue weighted by Crippen LogP contribution is -2.20. The van der Waals surface area contributed by atoms with Crippen LogP contribution in [0, 0.1) is 13.8 Å². The predicted octanol–water partition coefficient (Wildman–Crippen LogP) is 11.3. The maximum absolute atomic E-state index is 13.0. The van der Waals surface area contributed by atoms with E-state index in [1.54, 1.807) is 46.1 Å². The second-order valence-electron chi connectivity index (χ2n) is 12.0. The molecule has 58 heavy (non-hydrogen) atoms. The van der Waals surface area contributed by atoms with Gasteiger partial charge in [-0.05, 0) is 86.6 Å². The Bertz CT molecular complexity index is 2610. The van der Waals surface area contributed by atoms with E-state index >= 15 is 0 Å². The Hall–Kier alpha value is -4.30. The molecule has 2 heterocycles. The summed E-state index contributed by atoms with van der Waals surface area (Å²) in [6.45, 7) is 2.81. The van der Waals surface area contributed by atoms with Crippen molar-refractivity contribution >= 4 is 116 Å². The van der Waals surface area contributed by atoms with Crippen LogP contribution in [0.4, 0.5) is 0 Å². The Labute approximate surface area is 371 Å². The minimum Gasteiger partial charge on any atom is -0.480 e. The number of halogens is 8. The molecule has 11 nitrogen and oxygen atoms in total. The Morgan fingerprint density at radius 3 is 1.33 bits per heavy atom. The fraction of sp³-hybridized carbons (Fsp3) is 0.128. The predicted molar refractivity (Wildman–Crippen MR) is 225 cm³/mol. The zero-order chi connectivity index (χ0) is 42.6. The Kier molecular flexibility index (Phi) is 14.8. The number of hydrogen-bond acceptors (Lipinski definition) is 9. The van der Waals surface area contributed by atoms with Gasteiger partial charge in [0.25, 0.3) is 0 Å². The molecule has 2 aromatic heterocycles. The molecule has 0 aliphatic carbocycles. The summed E-state index contributed by atoms with van der Waals surface area (Å²) < 4.78 is 18.8. The van der Waals surface area contributed by atoms with Gasteiger partial charge in [-0.3, -0.25) is 9.59 Å². The van der Waals surface area contributed by atoms with Crippen molar-refractivity contribution in [1.82, 2.24) is 19.6 Å². The Morgan fingerprint density at radius 1 is 0.534 bits per heavy atom. The third kappa shape index (κ3) is 10.5. The van der Waals surface area contributed by atoms with Gasteiger partial charge in [-0.1, -0.05) is 92.8 Å². The topological polar surface area (TPSA) is 132 Å². The lowest BCUT2D eigenvalue weighted by molar-refractivity contribution is -0.137. The number of esters is 2. The number of carbonyl (C=O) groups is 4. The third-order valence-electron chi connectivity index (χ3n) is 7.94. The first kappa shape index (κ1) is 44.8. The van der Waals surface area contributed by atoms with E-state index < -0.39 is 30.1 Å². The molecular formula is C39H26Cl8N4O7. The molecule has 0 radical (unpaired) electrons. The highest BCUT2D eigenvalue weighted by atomic mass is 35.5. The number of aryl methyl sites for hydroxylation is 4. The van der Waals surface area contributed by atoms with Crippen LogP contribution in [0.1, 0.15) is 53.6 Å². The molecule has 300 valence electrons. The van der Waals surface area contributed by atoms with Crippen LogP contribution in [-0.4, -0.2) is 49.7 Å². The molecule has 0 bridgehead atoms. The number of nitrogens with zero attached hydrogens (tertiary/aromatic N) is 4. The van der Waals surface area contributed by atoms with Gasteiger partial charge in [-0.25, -0.2) is 19.0 Å². The first-order valence-electron chi connectivity index (χ1n) is 16.4. The quantitative estimate of drug-likeness (QED) is 0.0972. The summed E-state index contributed by atoms with van der Waals surface area (Å²) in [4.78, 5) is 51.0. The second-order valence-corrected chi connectivity index (χ2v) is 15.4. The first-order chi connectivity index (χ1) is 27.4. The molecule has 4 aromatic carbocycles. The van der Waals surface area contributed by atoms with Gasteiger partial charge in [-0.15, -0.1) is 0 Å². The lowest BCUT2D eigenvalue weighted by atomic mass is 10.0. The van der Waals surface area contributed by atoms with Crippen molar-refractivity contribution in [2.75, 3.05) is 6.61 Å². The van der Waals surface area contributed by atoms with E-state index in [1.807, 2.05) is 0 Å². The van der Waals surface area contributed by atoms with Gasteiger partial charge in [-0.2, -0.15) is 10.2 Å². The van der Waals surface area contributed by atoms with E-state index in [-0.39, 0.29) is 65.4 Å². The van der Waals surface area contributed by atoms with Crippen LogP contribution in [0.3, 0.4) is 0 Å². The summed E-state index contributed by atoms with van der Waals surface area (Å²) in [7, 11) is 3.10. The second kappa shape index (κ2) is 19.2. The van der Waals surface area contributed by atoms with Gasteiger partial charge in [0, 0.05) is 45.3 Å². The minimum absolute atomic E-state index is 0.0236. The summed E-state index contributed by atoms with van der Waals surface area (Å²) in [6.07, 6.45) is 0. The summed E-state index contributed by atoms with van der Waals surface area (Å²) in [5.74, 6) is -2.18. The molecule has 19 heteroatoms. The van der Waals surface area contributed by atoms with E-state index in [9.17, 15) is 19.2 Å². The summed E-state index contributed by atoms with van der Waals surface area (Å²) >= 11 is 47.9. The highest BCUT2D eigenvalue weighted by molar-refractivity contribution is 6.39. The fourth-order valence-electron chi connectivity index (χ4n) is 5.31. The van der Waals surface area contributed by atoms with Crippen LogP contribution in [0.2, 0.25) is 40.2 Å². The highest BCUT2D eigenvalue weighted by Gasteiger charge is 2.28. The van der Waals surface area contributed by atoms with Crippen molar-refractivity contribution in [2.24, 2.45) is 14.1 Å². The smallest absolute Gasteiger partial charge is 0.350 e. The number of hydrogen-bond donors (Lipinski definition) is 0. The molecule has 6 rings (SSSR count). The van der Waals surface area contributed by atoms with Gasteiger partial charge in [0.05, 0.1) is 37.0 Å². The molecule has 0 amide bonds. The molecule has 0 aliphatic heterocycles. The Morgan fingerprint density at radius 2 is 0.914 bits per heavy atom. The maximum Gasteiger partial charge on any atom is 0.350 e. The molecule has 0 spiro atoms. The highest BCUT2D eigenvalue weighted by Crippen LogP contribution is 2.33. The zero-order valence-electron chi connectivity index (χ0n) is 30.3. The van der Waals surface area contributed by atoms with Crippen molar-refractivity contribution in [3.63, 3.8) is 0 Å². The van der Waals surface area contributed by atoms with Gasteiger partial charge < -0.3 is 14.2 Å². The van der Waals surface area contributed by atoms with E-state index in [2.05, 4.69) is 10.2 Å².